The zero-order chi connectivity index (χ0) is 13.3. The molecule has 0 amide bonds. The fraction of sp³-hybridized carbons (Fsp3) is 0.600. The molecule has 0 bridgehead atoms. The Kier molecular flexibility index (Phi) is 6.73. The third kappa shape index (κ3) is 10.5. The van der Waals surface area contributed by atoms with E-state index in [0.717, 1.165) is 12.3 Å². The van der Waals surface area contributed by atoms with Gasteiger partial charge in [-0.05, 0) is 27.7 Å². The Hall–Kier alpha value is -1.76. The topological polar surface area (TPSA) is 80.3 Å². The predicted octanol–water partition coefficient (Wildman–Crippen LogP) is 1.88. The Morgan fingerprint density at radius 1 is 1.18 bits per heavy atom. The molecule has 0 N–H and O–H groups in total. The van der Waals surface area contributed by atoms with Gasteiger partial charge in [-0.1, -0.05) is 0 Å². The van der Waals surface area contributed by atoms with Gasteiger partial charge in [-0.2, -0.15) is 9.68 Å². The zero-order valence-electron chi connectivity index (χ0n) is 10.2. The molecule has 0 aliphatic rings. The van der Waals surface area contributed by atoms with Crippen molar-refractivity contribution in [1.29, 1.82) is 0 Å². The highest BCUT2D eigenvalue weighted by atomic mass is 17.2. The first kappa shape index (κ1) is 15.2. The maximum Gasteiger partial charge on any atom is 0.549 e. The van der Waals surface area contributed by atoms with Crippen molar-refractivity contribution in [2.24, 2.45) is 0 Å². The van der Waals surface area contributed by atoms with Gasteiger partial charge < -0.3 is 9.62 Å². The van der Waals surface area contributed by atoms with Crippen molar-refractivity contribution in [3.05, 3.63) is 12.3 Å². The summed E-state index contributed by atoms with van der Waals surface area (Å²) in [5.74, 6) is -0.935. The van der Waals surface area contributed by atoms with E-state index in [1.807, 2.05) is 0 Å². The highest BCUT2D eigenvalue weighted by Crippen LogP contribution is 2.06. The molecule has 0 rings (SSSR count). The van der Waals surface area contributed by atoms with Crippen molar-refractivity contribution >= 4 is 12.1 Å². The number of ether oxygens (including phenoxy) is 1. The van der Waals surface area contributed by atoms with Gasteiger partial charge in [-0.3, -0.25) is 0 Å². The molecule has 0 saturated carbocycles. The Balaban J connectivity index is 3.72. The molecule has 98 valence electrons. The van der Waals surface area contributed by atoms with Crippen molar-refractivity contribution in [3.8, 4) is 0 Å². The van der Waals surface area contributed by atoms with Gasteiger partial charge in [0.1, 0.15) is 11.9 Å². The van der Waals surface area contributed by atoms with Crippen LogP contribution in [0, 0.1) is 0 Å². The summed E-state index contributed by atoms with van der Waals surface area (Å²) in [5, 5.41) is 0. The van der Waals surface area contributed by atoms with Crippen LogP contribution in [0.1, 0.15) is 27.7 Å². The van der Waals surface area contributed by atoms with Gasteiger partial charge in [0.15, 0.2) is 0 Å². The summed E-state index contributed by atoms with van der Waals surface area (Å²) in [5.41, 5.74) is -0.504. The maximum atomic E-state index is 10.9. The molecule has 0 aliphatic carbocycles. The highest BCUT2D eigenvalue weighted by molar-refractivity contribution is 5.81. The van der Waals surface area contributed by atoms with Crippen molar-refractivity contribution in [1.82, 2.24) is 0 Å². The molecule has 0 saturated heterocycles. The van der Waals surface area contributed by atoms with Crippen LogP contribution in [-0.4, -0.2) is 24.3 Å². The molecule has 0 aliphatic heterocycles. The fourth-order valence-electron chi connectivity index (χ4n) is 0.500. The van der Waals surface area contributed by atoms with Gasteiger partial charge in [-0.25, -0.2) is 14.6 Å². The summed E-state index contributed by atoms with van der Waals surface area (Å²) in [6, 6.07) is 0. The molecule has 7 heteroatoms. The van der Waals surface area contributed by atoms with Crippen LogP contribution in [0.4, 0.5) is 4.79 Å². The fourth-order valence-corrected chi connectivity index (χ4v) is 0.500. The first-order chi connectivity index (χ1) is 7.85. The number of carbonyl (C=O) groups excluding carboxylic acids is 2. The SMILES string of the molecule is CCOC(=O)OOC(=O)C=COOC(C)(C)C. The van der Waals surface area contributed by atoms with Crippen molar-refractivity contribution in [3.63, 3.8) is 0 Å². The van der Waals surface area contributed by atoms with Gasteiger partial charge in [0, 0.05) is 0 Å². The summed E-state index contributed by atoms with van der Waals surface area (Å²) in [7, 11) is 0. The van der Waals surface area contributed by atoms with E-state index in [1.54, 1.807) is 27.7 Å². The highest BCUT2D eigenvalue weighted by Gasteiger charge is 2.11. The van der Waals surface area contributed by atoms with E-state index in [4.69, 9.17) is 4.89 Å². The van der Waals surface area contributed by atoms with E-state index < -0.39 is 17.7 Å². The van der Waals surface area contributed by atoms with E-state index in [9.17, 15) is 9.59 Å². The Morgan fingerprint density at radius 2 is 1.82 bits per heavy atom. The summed E-state index contributed by atoms with van der Waals surface area (Å²) >= 11 is 0. The molecule has 0 aromatic rings. The van der Waals surface area contributed by atoms with Gasteiger partial charge in [0.25, 0.3) is 0 Å². The molecule has 7 nitrogen and oxygen atoms in total. The van der Waals surface area contributed by atoms with E-state index in [0.29, 0.717) is 0 Å². The van der Waals surface area contributed by atoms with Crippen LogP contribution >= 0.6 is 0 Å². The summed E-state index contributed by atoms with van der Waals surface area (Å²) in [6.07, 6.45) is 0.744. The molecule has 0 fully saturated rings. The maximum absolute atomic E-state index is 10.9. The van der Waals surface area contributed by atoms with E-state index in [2.05, 4.69) is 19.4 Å². The van der Waals surface area contributed by atoms with Gasteiger partial charge in [0.05, 0.1) is 12.7 Å². The molecule has 0 aromatic carbocycles. The molecule has 0 radical (unpaired) electrons. The Bertz CT molecular complexity index is 277. The van der Waals surface area contributed by atoms with Crippen LogP contribution in [-0.2, 0) is 29.1 Å². The average Bonchev–Trinajstić information content (AvgIpc) is 2.21. The third-order valence-electron chi connectivity index (χ3n) is 1.01. The number of hydrogen-bond donors (Lipinski definition) is 0. The average molecular weight is 248 g/mol. The first-order valence-electron chi connectivity index (χ1n) is 4.91. The number of hydrogen-bond acceptors (Lipinski definition) is 7. The first-order valence-corrected chi connectivity index (χ1v) is 4.91. The minimum Gasteiger partial charge on any atom is -0.432 e. The summed E-state index contributed by atoms with van der Waals surface area (Å²) in [4.78, 5) is 38.9. The van der Waals surface area contributed by atoms with E-state index in [-0.39, 0.29) is 6.61 Å². The van der Waals surface area contributed by atoms with Crippen molar-refractivity contribution < 1.29 is 33.9 Å². The molecule has 0 spiro atoms. The molecule has 0 unspecified atom stereocenters. The van der Waals surface area contributed by atoms with Crippen LogP contribution in [0.5, 0.6) is 0 Å². The minimum absolute atomic E-state index is 0.120. The van der Waals surface area contributed by atoms with Crippen molar-refractivity contribution in [2.75, 3.05) is 6.61 Å². The second-order valence-electron chi connectivity index (χ2n) is 3.76. The van der Waals surface area contributed by atoms with Crippen LogP contribution in [0.2, 0.25) is 0 Å². The lowest BCUT2D eigenvalue weighted by Crippen LogP contribution is -2.17. The zero-order valence-corrected chi connectivity index (χ0v) is 10.2. The molecule has 0 heterocycles. The van der Waals surface area contributed by atoms with Crippen molar-refractivity contribution in [2.45, 2.75) is 33.3 Å². The molecular formula is C10H16O7. The van der Waals surface area contributed by atoms with Crippen LogP contribution in [0.15, 0.2) is 12.3 Å². The van der Waals surface area contributed by atoms with Gasteiger partial charge in [-0.15, -0.1) is 0 Å². The third-order valence-corrected chi connectivity index (χ3v) is 1.01. The smallest absolute Gasteiger partial charge is 0.432 e. The number of carbonyl (C=O) groups is 2. The van der Waals surface area contributed by atoms with Gasteiger partial charge in [0.2, 0.25) is 0 Å². The van der Waals surface area contributed by atoms with Gasteiger partial charge >= 0.3 is 12.1 Å². The lowest BCUT2D eigenvalue weighted by molar-refractivity contribution is -0.310. The normalized spacial score (nSPS) is 11.1. The van der Waals surface area contributed by atoms with Crippen LogP contribution in [0.25, 0.3) is 0 Å². The second-order valence-corrected chi connectivity index (χ2v) is 3.76. The Labute approximate surface area is 99.1 Å². The Morgan fingerprint density at radius 3 is 2.35 bits per heavy atom. The van der Waals surface area contributed by atoms with Crippen LogP contribution in [0.3, 0.4) is 0 Å². The van der Waals surface area contributed by atoms with Crippen LogP contribution < -0.4 is 0 Å². The summed E-state index contributed by atoms with van der Waals surface area (Å²) in [6.45, 7) is 7.00. The predicted molar refractivity (Wildman–Crippen MR) is 55.3 cm³/mol. The quantitative estimate of drug-likeness (QED) is 0.247. The monoisotopic (exact) mass is 248 g/mol. The molecule has 0 atom stereocenters. The van der Waals surface area contributed by atoms with E-state index in [1.165, 1.54) is 0 Å². The number of rotatable bonds is 4. The van der Waals surface area contributed by atoms with E-state index >= 15 is 0 Å². The largest absolute Gasteiger partial charge is 0.549 e. The molecule has 17 heavy (non-hydrogen) atoms. The summed E-state index contributed by atoms with van der Waals surface area (Å²) < 4.78 is 4.34. The second kappa shape index (κ2) is 7.50. The lowest BCUT2D eigenvalue weighted by Gasteiger charge is -2.15. The molecule has 0 aromatic heterocycles. The standard InChI is InChI=1S/C10H16O7/c1-5-13-9(12)16-15-8(11)6-7-14-17-10(2,3)4/h6-7H,5H2,1-4H3. The molecular weight excluding hydrogens is 232 g/mol. The lowest BCUT2D eigenvalue weighted by atomic mass is 10.2. The minimum atomic E-state index is -1.10.